The Balaban J connectivity index is 2.46. The van der Waals surface area contributed by atoms with Gasteiger partial charge in [0, 0.05) is 6.20 Å². The lowest BCUT2D eigenvalue weighted by Gasteiger charge is -2.01. The molecule has 7 heteroatoms. The van der Waals surface area contributed by atoms with Crippen LogP contribution in [0.3, 0.4) is 0 Å². The monoisotopic (exact) mass is 266 g/mol. The van der Waals surface area contributed by atoms with Gasteiger partial charge in [-0.1, -0.05) is 11.6 Å². The van der Waals surface area contributed by atoms with Gasteiger partial charge < -0.3 is 10.5 Å². The van der Waals surface area contributed by atoms with Gasteiger partial charge in [0.2, 0.25) is 0 Å². The number of ether oxygens (including phenoxy) is 1. The first-order valence-electron chi connectivity index (χ1n) is 5.26. The van der Waals surface area contributed by atoms with Crippen molar-refractivity contribution >= 4 is 23.4 Å². The summed E-state index contributed by atoms with van der Waals surface area (Å²) in [6.45, 7) is 1.95. The van der Waals surface area contributed by atoms with Crippen molar-refractivity contribution in [2.24, 2.45) is 0 Å². The van der Waals surface area contributed by atoms with Crippen molar-refractivity contribution < 1.29 is 9.53 Å². The Morgan fingerprint density at radius 1 is 1.61 bits per heavy atom. The number of rotatable bonds is 3. The molecule has 0 atom stereocenters. The van der Waals surface area contributed by atoms with Crippen LogP contribution < -0.4 is 5.73 Å². The highest BCUT2D eigenvalue weighted by Crippen LogP contribution is 2.26. The zero-order valence-corrected chi connectivity index (χ0v) is 10.4. The van der Waals surface area contributed by atoms with Crippen LogP contribution in [0.4, 0.5) is 5.82 Å². The summed E-state index contributed by atoms with van der Waals surface area (Å²) in [5.41, 5.74) is 6.42. The number of esters is 1. The molecule has 2 heterocycles. The SMILES string of the molecule is CCOC(=O)c1nn(-c2cccnc2)c(N)c1Cl. The fourth-order valence-corrected chi connectivity index (χ4v) is 1.61. The fraction of sp³-hybridized carbons (Fsp3) is 0.182. The summed E-state index contributed by atoms with van der Waals surface area (Å²) in [5.74, 6) is -0.426. The quantitative estimate of drug-likeness (QED) is 0.855. The maximum absolute atomic E-state index is 11.6. The predicted molar refractivity (Wildman–Crippen MR) is 66.7 cm³/mol. The van der Waals surface area contributed by atoms with Crippen LogP contribution in [-0.4, -0.2) is 27.3 Å². The van der Waals surface area contributed by atoms with E-state index in [0.29, 0.717) is 5.69 Å². The van der Waals surface area contributed by atoms with Gasteiger partial charge in [-0.15, -0.1) is 0 Å². The maximum atomic E-state index is 11.6. The molecule has 0 radical (unpaired) electrons. The van der Waals surface area contributed by atoms with E-state index >= 15 is 0 Å². The highest BCUT2D eigenvalue weighted by atomic mass is 35.5. The first-order valence-corrected chi connectivity index (χ1v) is 5.64. The standard InChI is InChI=1S/C11H11ClN4O2/c1-2-18-11(17)9-8(12)10(13)16(15-9)7-4-3-5-14-6-7/h3-6H,2,13H2,1H3. The number of aromatic nitrogens is 3. The fourth-order valence-electron chi connectivity index (χ4n) is 1.42. The molecular formula is C11H11ClN4O2. The Hall–Kier alpha value is -2.08. The second-order valence-corrected chi connectivity index (χ2v) is 3.77. The Bertz CT molecular complexity index is 568. The zero-order valence-electron chi connectivity index (χ0n) is 9.63. The van der Waals surface area contributed by atoms with Gasteiger partial charge in [-0.05, 0) is 19.1 Å². The molecule has 18 heavy (non-hydrogen) atoms. The van der Waals surface area contributed by atoms with Crippen molar-refractivity contribution in [3.05, 3.63) is 35.2 Å². The number of hydrogen-bond donors (Lipinski definition) is 1. The number of nitrogen functional groups attached to an aromatic ring is 1. The Morgan fingerprint density at radius 3 is 3.00 bits per heavy atom. The first kappa shape index (κ1) is 12.4. The number of halogens is 1. The third-order valence-corrected chi connectivity index (χ3v) is 2.59. The van der Waals surface area contributed by atoms with Crippen molar-refractivity contribution in [3.63, 3.8) is 0 Å². The highest BCUT2D eigenvalue weighted by molar-refractivity contribution is 6.35. The number of nitrogens with two attached hydrogens (primary N) is 1. The third-order valence-electron chi connectivity index (χ3n) is 2.22. The highest BCUT2D eigenvalue weighted by Gasteiger charge is 2.21. The van der Waals surface area contributed by atoms with Crippen molar-refractivity contribution in [1.82, 2.24) is 14.8 Å². The van der Waals surface area contributed by atoms with E-state index < -0.39 is 5.97 Å². The van der Waals surface area contributed by atoms with Gasteiger partial charge in [-0.2, -0.15) is 5.10 Å². The second kappa shape index (κ2) is 5.05. The van der Waals surface area contributed by atoms with E-state index in [2.05, 4.69) is 10.1 Å². The Kier molecular flexibility index (Phi) is 3.47. The van der Waals surface area contributed by atoms with Gasteiger partial charge in [-0.3, -0.25) is 4.98 Å². The Labute approximate surface area is 108 Å². The molecule has 0 spiro atoms. The Morgan fingerprint density at radius 2 is 2.39 bits per heavy atom. The molecule has 0 amide bonds. The molecule has 94 valence electrons. The number of nitrogens with zero attached hydrogens (tertiary/aromatic N) is 3. The lowest BCUT2D eigenvalue weighted by Crippen LogP contribution is -2.07. The van der Waals surface area contributed by atoms with Crippen molar-refractivity contribution in [2.45, 2.75) is 6.92 Å². The van der Waals surface area contributed by atoms with Crippen molar-refractivity contribution in [3.8, 4) is 5.69 Å². The summed E-state index contributed by atoms with van der Waals surface area (Å²) < 4.78 is 6.19. The van der Waals surface area contributed by atoms with E-state index in [9.17, 15) is 4.79 Å². The molecular weight excluding hydrogens is 256 g/mol. The van der Waals surface area contributed by atoms with E-state index in [1.54, 1.807) is 31.5 Å². The minimum absolute atomic E-state index is 0.000121. The summed E-state index contributed by atoms with van der Waals surface area (Å²) in [5, 5.41) is 4.12. The van der Waals surface area contributed by atoms with Crippen LogP contribution in [-0.2, 0) is 4.74 Å². The molecule has 0 saturated heterocycles. The predicted octanol–water partition coefficient (Wildman–Crippen LogP) is 1.68. The molecule has 0 unspecified atom stereocenters. The van der Waals surface area contributed by atoms with Gasteiger partial charge in [0.15, 0.2) is 5.69 Å². The van der Waals surface area contributed by atoms with Gasteiger partial charge in [0.25, 0.3) is 0 Å². The molecule has 0 aliphatic carbocycles. The molecule has 2 aromatic rings. The van der Waals surface area contributed by atoms with Crippen molar-refractivity contribution in [2.75, 3.05) is 12.3 Å². The summed E-state index contributed by atoms with van der Waals surface area (Å²) in [4.78, 5) is 15.6. The van der Waals surface area contributed by atoms with Crippen LogP contribution in [0.5, 0.6) is 0 Å². The number of carbonyl (C=O) groups is 1. The van der Waals surface area contributed by atoms with E-state index in [0.717, 1.165) is 0 Å². The number of carbonyl (C=O) groups excluding carboxylic acids is 1. The topological polar surface area (TPSA) is 83.0 Å². The van der Waals surface area contributed by atoms with Crippen LogP contribution in [0.2, 0.25) is 5.02 Å². The first-order chi connectivity index (χ1) is 8.65. The molecule has 0 aliphatic heterocycles. The van der Waals surface area contributed by atoms with E-state index in [1.807, 2.05) is 0 Å². The van der Waals surface area contributed by atoms with Crippen molar-refractivity contribution in [1.29, 1.82) is 0 Å². The smallest absolute Gasteiger partial charge is 0.360 e. The summed E-state index contributed by atoms with van der Waals surface area (Å²) in [6, 6.07) is 3.48. The lowest BCUT2D eigenvalue weighted by molar-refractivity contribution is 0.0519. The molecule has 0 saturated carbocycles. The van der Waals surface area contributed by atoms with Gasteiger partial charge in [0.1, 0.15) is 10.8 Å². The van der Waals surface area contributed by atoms with Gasteiger partial charge >= 0.3 is 5.97 Å². The van der Waals surface area contributed by atoms with E-state index in [-0.39, 0.29) is 23.1 Å². The van der Waals surface area contributed by atoms with E-state index in [4.69, 9.17) is 22.1 Å². The van der Waals surface area contributed by atoms with Gasteiger partial charge in [0.05, 0.1) is 18.5 Å². The summed E-state index contributed by atoms with van der Waals surface area (Å²) in [6.07, 6.45) is 3.19. The molecule has 6 nitrogen and oxygen atoms in total. The molecule has 2 rings (SSSR count). The van der Waals surface area contributed by atoms with Gasteiger partial charge in [-0.25, -0.2) is 9.48 Å². The second-order valence-electron chi connectivity index (χ2n) is 3.39. The third kappa shape index (κ3) is 2.14. The van der Waals surface area contributed by atoms with E-state index in [1.165, 1.54) is 4.68 Å². The maximum Gasteiger partial charge on any atom is 0.360 e. The number of hydrogen-bond acceptors (Lipinski definition) is 5. The largest absolute Gasteiger partial charge is 0.461 e. The number of anilines is 1. The minimum atomic E-state index is -0.600. The normalized spacial score (nSPS) is 10.3. The number of pyridine rings is 1. The molecule has 0 aliphatic rings. The van der Waals surface area contributed by atoms with Crippen LogP contribution in [0.1, 0.15) is 17.4 Å². The molecule has 2 N–H and O–H groups in total. The van der Waals surface area contributed by atoms with Crippen LogP contribution in [0.25, 0.3) is 5.69 Å². The minimum Gasteiger partial charge on any atom is -0.461 e. The summed E-state index contributed by atoms with van der Waals surface area (Å²) >= 11 is 5.96. The summed E-state index contributed by atoms with van der Waals surface area (Å²) in [7, 11) is 0. The zero-order chi connectivity index (χ0) is 13.1. The van der Waals surface area contributed by atoms with Crippen LogP contribution >= 0.6 is 11.6 Å². The van der Waals surface area contributed by atoms with Crippen LogP contribution in [0, 0.1) is 0 Å². The lowest BCUT2D eigenvalue weighted by atomic mass is 10.4. The molecule has 0 fully saturated rings. The average molecular weight is 267 g/mol. The molecule has 2 aromatic heterocycles. The molecule has 0 bridgehead atoms. The van der Waals surface area contributed by atoms with Crippen LogP contribution in [0.15, 0.2) is 24.5 Å². The molecule has 0 aromatic carbocycles. The average Bonchev–Trinajstić information content (AvgIpc) is 2.68.